The fourth-order valence-corrected chi connectivity index (χ4v) is 2.90. The summed E-state index contributed by atoms with van der Waals surface area (Å²) in [6.07, 6.45) is 4.90. The molecule has 2 fully saturated rings. The van der Waals surface area contributed by atoms with Crippen LogP contribution in [0.2, 0.25) is 0 Å². The average molecular weight is 282 g/mol. The predicted octanol–water partition coefficient (Wildman–Crippen LogP) is 1.64. The van der Waals surface area contributed by atoms with Crippen LogP contribution in [0, 0.1) is 5.92 Å². The third-order valence-electron chi connectivity index (χ3n) is 3.45. The van der Waals surface area contributed by atoms with Crippen LogP contribution >= 0.6 is 11.8 Å². The highest BCUT2D eigenvalue weighted by molar-refractivity contribution is 7.99. The Hall–Kier alpha value is -1.24. The van der Waals surface area contributed by atoms with Gasteiger partial charge in [0.1, 0.15) is 0 Å². The highest BCUT2D eigenvalue weighted by Crippen LogP contribution is 2.41. The van der Waals surface area contributed by atoms with Crippen molar-refractivity contribution >= 4 is 23.7 Å². The lowest BCUT2D eigenvalue weighted by atomic mass is 10.4. The fourth-order valence-electron chi connectivity index (χ4n) is 2.18. The van der Waals surface area contributed by atoms with Crippen LogP contribution in [0.1, 0.15) is 31.7 Å². The molecule has 1 aromatic heterocycles. The van der Waals surface area contributed by atoms with Gasteiger partial charge in [-0.2, -0.15) is 0 Å². The monoisotopic (exact) mass is 282 g/mol. The molecule has 2 aliphatic rings. The Kier molecular flexibility index (Phi) is 3.38. The van der Waals surface area contributed by atoms with E-state index in [0.717, 1.165) is 36.4 Å². The SMILES string of the molecule is CN(CC1CC1)c1nnc(SCC(=O)O)n1C1CC1. The Labute approximate surface area is 116 Å². The summed E-state index contributed by atoms with van der Waals surface area (Å²) in [7, 11) is 2.05. The molecule has 0 unspecified atom stereocenters. The van der Waals surface area contributed by atoms with E-state index in [2.05, 4.69) is 19.7 Å². The standard InChI is InChI=1S/C12H18N4O2S/c1-15(6-8-2-3-8)11-13-14-12(19-7-10(17)18)16(11)9-4-5-9/h8-9H,2-7H2,1H3,(H,17,18). The normalized spacial score (nSPS) is 18.6. The van der Waals surface area contributed by atoms with Gasteiger partial charge in [-0.3, -0.25) is 9.36 Å². The van der Waals surface area contributed by atoms with Crippen molar-refractivity contribution in [1.29, 1.82) is 0 Å². The molecule has 0 spiro atoms. The van der Waals surface area contributed by atoms with Crippen LogP contribution in [0.5, 0.6) is 0 Å². The first-order valence-corrected chi connectivity index (χ1v) is 7.64. The van der Waals surface area contributed by atoms with Crippen molar-refractivity contribution in [3.05, 3.63) is 0 Å². The van der Waals surface area contributed by atoms with Gasteiger partial charge in [-0.1, -0.05) is 11.8 Å². The molecule has 104 valence electrons. The lowest BCUT2D eigenvalue weighted by Crippen LogP contribution is -2.23. The summed E-state index contributed by atoms with van der Waals surface area (Å²) in [6, 6.07) is 0.461. The van der Waals surface area contributed by atoms with Crippen LogP contribution < -0.4 is 4.90 Å². The van der Waals surface area contributed by atoms with Crippen LogP contribution in [-0.2, 0) is 4.79 Å². The third-order valence-corrected chi connectivity index (χ3v) is 4.38. The summed E-state index contributed by atoms with van der Waals surface area (Å²) in [5.74, 6) is 0.909. The number of carboxylic acids is 1. The lowest BCUT2D eigenvalue weighted by molar-refractivity contribution is -0.133. The van der Waals surface area contributed by atoms with E-state index in [1.807, 2.05) is 7.05 Å². The van der Waals surface area contributed by atoms with Crippen LogP contribution in [0.25, 0.3) is 0 Å². The summed E-state index contributed by atoms with van der Waals surface area (Å²) in [5.41, 5.74) is 0. The number of nitrogens with zero attached hydrogens (tertiary/aromatic N) is 4. The van der Waals surface area contributed by atoms with E-state index < -0.39 is 5.97 Å². The number of carboxylic acid groups (broad SMARTS) is 1. The molecule has 0 aliphatic heterocycles. The van der Waals surface area contributed by atoms with Gasteiger partial charge >= 0.3 is 5.97 Å². The topological polar surface area (TPSA) is 71.2 Å². The second-order valence-electron chi connectivity index (χ2n) is 5.39. The molecule has 0 aromatic carbocycles. The molecule has 1 N–H and O–H groups in total. The average Bonchev–Trinajstić information content (AvgIpc) is 3.27. The van der Waals surface area contributed by atoms with Crippen molar-refractivity contribution in [3.63, 3.8) is 0 Å². The Morgan fingerprint density at radius 2 is 2.16 bits per heavy atom. The van der Waals surface area contributed by atoms with Gasteiger partial charge in [-0.25, -0.2) is 0 Å². The third kappa shape index (κ3) is 3.02. The maximum Gasteiger partial charge on any atom is 0.313 e. The Bertz CT molecular complexity index is 482. The number of aromatic nitrogens is 3. The van der Waals surface area contributed by atoms with Gasteiger partial charge in [-0.05, 0) is 31.6 Å². The molecule has 0 atom stereocenters. The van der Waals surface area contributed by atoms with E-state index in [1.54, 1.807) is 0 Å². The van der Waals surface area contributed by atoms with Crippen molar-refractivity contribution in [2.24, 2.45) is 5.92 Å². The number of anilines is 1. The molecule has 7 heteroatoms. The van der Waals surface area contributed by atoms with Crippen LogP contribution in [0.15, 0.2) is 5.16 Å². The predicted molar refractivity (Wildman–Crippen MR) is 72.6 cm³/mol. The smallest absolute Gasteiger partial charge is 0.313 e. The summed E-state index contributed by atoms with van der Waals surface area (Å²) >= 11 is 1.26. The molecule has 19 heavy (non-hydrogen) atoms. The minimum atomic E-state index is -0.816. The number of thioether (sulfide) groups is 1. The molecule has 2 saturated carbocycles. The zero-order valence-corrected chi connectivity index (χ0v) is 11.8. The highest BCUT2D eigenvalue weighted by Gasteiger charge is 2.32. The maximum atomic E-state index is 10.7. The molecule has 0 radical (unpaired) electrons. The van der Waals surface area contributed by atoms with Gasteiger partial charge in [0.05, 0.1) is 5.75 Å². The number of hydrogen-bond acceptors (Lipinski definition) is 5. The van der Waals surface area contributed by atoms with E-state index in [9.17, 15) is 4.79 Å². The van der Waals surface area contributed by atoms with Gasteiger partial charge in [0.25, 0.3) is 0 Å². The summed E-state index contributed by atoms with van der Waals surface area (Å²) in [6.45, 7) is 1.02. The van der Waals surface area contributed by atoms with Crippen molar-refractivity contribution in [1.82, 2.24) is 14.8 Å². The Morgan fingerprint density at radius 3 is 2.74 bits per heavy atom. The van der Waals surface area contributed by atoms with Crippen molar-refractivity contribution in [2.75, 3.05) is 24.2 Å². The minimum Gasteiger partial charge on any atom is -0.481 e. The van der Waals surface area contributed by atoms with Gasteiger partial charge in [0.2, 0.25) is 5.95 Å². The minimum absolute atomic E-state index is 0.0389. The molecule has 0 bridgehead atoms. The second kappa shape index (κ2) is 5.03. The zero-order valence-electron chi connectivity index (χ0n) is 10.9. The van der Waals surface area contributed by atoms with E-state index in [4.69, 9.17) is 5.11 Å². The first-order valence-electron chi connectivity index (χ1n) is 6.65. The van der Waals surface area contributed by atoms with E-state index >= 15 is 0 Å². The van der Waals surface area contributed by atoms with E-state index in [1.165, 1.54) is 24.6 Å². The molecule has 1 heterocycles. The zero-order chi connectivity index (χ0) is 13.4. The van der Waals surface area contributed by atoms with Crippen LogP contribution in [0.4, 0.5) is 5.95 Å². The summed E-state index contributed by atoms with van der Waals surface area (Å²) in [5, 5.41) is 17.9. The summed E-state index contributed by atoms with van der Waals surface area (Å²) < 4.78 is 2.12. The van der Waals surface area contributed by atoms with Crippen molar-refractivity contribution < 1.29 is 9.90 Å². The number of aliphatic carboxylic acids is 1. The highest BCUT2D eigenvalue weighted by atomic mass is 32.2. The Balaban J connectivity index is 1.76. The number of hydrogen-bond donors (Lipinski definition) is 1. The van der Waals surface area contributed by atoms with E-state index in [0.29, 0.717) is 6.04 Å². The van der Waals surface area contributed by atoms with E-state index in [-0.39, 0.29) is 5.75 Å². The Morgan fingerprint density at radius 1 is 1.42 bits per heavy atom. The van der Waals surface area contributed by atoms with Gasteiger partial charge in [-0.15, -0.1) is 10.2 Å². The van der Waals surface area contributed by atoms with Gasteiger partial charge < -0.3 is 10.0 Å². The second-order valence-corrected chi connectivity index (χ2v) is 6.33. The molecule has 0 saturated heterocycles. The largest absolute Gasteiger partial charge is 0.481 e. The number of carbonyl (C=O) groups is 1. The molecule has 0 amide bonds. The fraction of sp³-hybridized carbons (Fsp3) is 0.750. The molecule has 6 nitrogen and oxygen atoms in total. The molecular formula is C12H18N4O2S. The first kappa shape index (κ1) is 12.8. The molecule has 2 aliphatic carbocycles. The van der Waals surface area contributed by atoms with Crippen LogP contribution in [0.3, 0.4) is 0 Å². The van der Waals surface area contributed by atoms with Gasteiger partial charge in [0, 0.05) is 19.6 Å². The number of rotatable bonds is 7. The lowest BCUT2D eigenvalue weighted by Gasteiger charge is -2.19. The van der Waals surface area contributed by atoms with Crippen molar-refractivity contribution in [3.8, 4) is 0 Å². The first-order chi connectivity index (χ1) is 9.15. The quantitative estimate of drug-likeness (QED) is 0.767. The molecule has 1 aromatic rings. The summed E-state index contributed by atoms with van der Waals surface area (Å²) in [4.78, 5) is 12.8. The van der Waals surface area contributed by atoms with Crippen LogP contribution in [-0.4, -0.2) is 45.2 Å². The maximum absolute atomic E-state index is 10.7. The molecule has 3 rings (SSSR count). The van der Waals surface area contributed by atoms with Crippen molar-refractivity contribution in [2.45, 2.75) is 36.9 Å². The van der Waals surface area contributed by atoms with Gasteiger partial charge in [0.15, 0.2) is 5.16 Å². The molecular weight excluding hydrogens is 264 g/mol.